The molecule has 0 aliphatic carbocycles. The number of rotatable bonds is 6. The number of ether oxygens (including phenoxy) is 1. The molecule has 2 aliphatic heterocycles. The zero-order chi connectivity index (χ0) is 23.0. The normalized spacial score (nSPS) is 19.4. The van der Waals surface area contributed by atoms with Crippen LogP contribution in [0.25, 0.3) is 0 Å². The highest BCUT2D eigenvalue weighted by molar-refractivity contribution is 5.82. The summed E-state index contributed by atoms with van der Waals surface area (Å²) in [6.45, 7) is 16.4. The number of aliphatic imine (C=N–C) groups is 1. The molecule has 2 amide bonds. The summed E-state index contributed by atoms with van der Waals surface area (Å²) in [6.07, 6.45) is 1.95. The Kier molecular flexibility index (Phi) is 9.40. The average Bonchev–Trinajstić information content (AvgIpc) is 3.26. The molecule has 2 saturated heterocycles. The van der Waals surface area contributed by atoms with E-state index in [0.29, 0.717) is 19.6 Å². The number of carbonyl (C=O) groups is 2. The van der Waals surface area contributed by atoms with Crippen LogP contribution < -0.4 is 5.32 Å². The highest BCUT2D eigenvalue weighted by atomic mass is 16.6. The highest BCUT2D eigenvalue weighted by Crippen LogP contribution is 2.14. The third-order valence-electron chi connectivity index (χ3n) is 5.85. The summed E-state index contributed by atoms with van der Waals surface area (Å²) in [6, 6.07) is -0.0674. The number of likely N-dealkylation sites (tertiary alicyclic amines) is 1. The van der Waals surface area contributed by atoms with Crippen LogP contribution in [0.4, 0.5) is 4.79 Å². The van der Waals surface area contributed by atoms with Crippen molar-refractivity contribution in [2.45, 2.75) is 59.1 Å². The molecule has 0 bridgehead atoms. The minimum atomic E-state index is -0.499. The summed E-state index contributed by atoms with van der Waals surface area (Å²) in [5.41, 5.74) is -0.499. The number of hydrogen-bond acceptors (Lipinski definition) is 5. The second-order valence-electron chi connectivity index (χ2n) is 9.27. The molecule has 1 N–H and O–H groups in total. The third kappa shape index (κ3) is 7.55. The fraction of sp³-hybridized carbons (Fsp3) is 0.864. The van der Waals surface area contributed by atoms with Crippen molar-refractivity contribution < 1.29 is 14.3 Å². The molecule has 0 aromatic rings. The summed E-state index contributed by atoms with van der Waals surface area (Å²) in [7, 11) is 1.78. The van der Waals surface area contributed by atoms with Crippen molar-refractivity contribution in [3.8, 4) is 0 Å². The molecule has 2 aliphatic rings. The predicted molar refractivity (Wildman–Crippen MR) is 123 cm³/mol. The summed E-state index contributed by atoms with van der Waals surface area (Å²) in [5, 5.41) is 3.37. The Morgan fingerprint density at radius 1 is 1.06 bits per heavy atom. The second kappa shape index (κ2) is 11.5. The monoisotopic (exact) mass is 438 g/mol. The van der Waals surface area contributed by atoms with E-state index in [0.717, 1.165) is 58.1 Å². The lowest BCUT2D eigenvalue weighted by Gasteiger charge is -2.39. The van der Waals surface area contributed by atoms with Gasteiger partial charge in [0.15, 0.2) is 5.96 Å². The first-order valence-corrected chi connectivity index (χ1v) is 11.6. The number of guanidine groups is 1. The van der Waals surface area contributed by atoms with Crippen LogP contribution in [-0.2, 0) is 9.53 Å². The largest absolute Gasteiger partial charge is 0.444 e. The molecule has 0 aromatic heterocycles. The lowest BCUT2D eigenvalue weighted by atomic mass is 10.2. The van der Waals surface area contributed by atoms with Crippen molar-refractivity contribution >= 4 is 18.0 Å². The Balaban J connectivity index is 1.77. The fourth-order valence-electron chi connectivity index (χ4n) is 4.02. The van der Waals surface area contributed by atoms with Crippen LogP contribution in [0.2, 0.25) is 0 Å². The highest BCUT2D eigenvalue weighted by Gasteiger charge is 2.30. The van der Waals surface area contributed by atoms with Gasteiger partial charge < -0.3 is 24.8 Å². The van der Waals surface area contributed by atoms with Crippen molar-refractivity contribution in [3.05, 3.63) is 0 Å². The molecule has 0 spiro atoms. The van der Waals surface area contributed by atoms with E-state index in [-0.39, 0.29) is 18.0 Å². The Labute approximate surface area is 187 Å². The van der Waals surface area contributed by atoms with Crippen LogP contribution in [0.1, 0.15) is 47.5 Å². The number of hydrogen-bond donors (Lipinski definition) is 1. The zero-order valence-corrected chi connectivity index (χ0v) is 20.3. The van der Waals surface area contributed by atoms with E-state index < -0.39 is 5.60 Å². The SMILES string of the molecule is CCN(CCNC(=NC)N1CCN(C(C)C(=O)N2CCCC2)CC1)C(=O)OC(C)(C)C. The second-order valence-corrected chi connectivity index (χ2v) is 9.27. The van der Waals surface area contributed by atoms with Crippen LogP contribution in [0, 0.1) is 0 Å². The van der Waals surface area contributed by atoms with E-state index in [1.807, 2.05) is 39.5 Å². The average molecular weight is 439 g/mol. The van der Waals surface area contributed by atoms with Gasteiger partial charge in [-0.05, 0) is 47.5 Å². The fourth-order valence-corrected chi connectivity index (χ4v) is 4.02. The molecule has 9 heteroatoms. The van der Waals surface area contributed by atoms with E-state index in [2.05, 4.69) is 20.1 Å². The molecule has 1 atom stereocenters. The summed E-state index contributed by atoms with van der Waals surface area (Å²) < 4.78 is 5.46. The van der Waals surface area contributed by atoms with Crippen molar-refractivity contribution in [1.29, 1.82) is 0 Å². The number of nitrogens with zero attached hydrogens (tertiary/aromatic N) is 5. The number of nitrogens with one attached hydrogen (secondary N) is 1. The van der Waals surface area contributed by atoms with Crippen LogP contribution in [0.5, 0.6) is 0 Å². The summed E-state index contributed by atoms with van der Waals surface area (Å²) in [5.74, 6) is 1.09. The first-order chi connectivity index (χ1) is 14.7. The van der Waals surface area contributed by atoms with Crippen molar-refractivity contribution in [2.75, 3.05) is 66.0 Å². The lowest BCUT2D eigenvalue weighted by molar-refractivity contribution is -0.135. The minimum absolute atomic E-state index is 0.0674. The molecule has 0 aromatic carbocycles. The molecule has 0 saturated carbocycles. The maximum Gasteiger partial charge on any atom is 0.410 e. The molecule has 0 radical (unpaired) electrons. The van der Waals surface area contributed by atoms with Crippen molar-refractivity contribution in [2.24, 2.45) is 4.99 Å². The molecular formula is C22H42N6O3. The van der Waals surface area contributed by atoms with Crippen molar-refractivity contribution in [3.63, 3.8) is 0 Å². The standard InChI is InChI=1S/C22H42N6O3/c1-7-25(21(30)31-22(3,4)5)13-10-24-20(23-6)28-16-14-26(15-17-28)18(2)19(29)27-11-8-9-12-27/h18H,7-17H2,1-6H3,(H,23,24). The van der Waals surface area contributed by atoms with Gasteiger partial charge >= 0.3 is 6.09 Å². The molecule has 2 heterocycles. The quantitative estimate of drug-likeness (QED) is 0.499. The van der Waals surface area contributed by atoms with Crippen LogP contribution >= 0.6 is 0 Å². The number of amides is 2. The van der Waals surface area contributed by atoms with Gasteiger partial charge in [-0.3, -0.25) is 14.7 Å². The van der Waals surface area contributed by atoms with Gasteiger partial charge in [-0.15, -0.1) is 0 Å². The molecule has 178 valence electrons. The van der Waals surface area contributed by atoms with Gasteiger partial charge in [0.1, 0.15) is 5.60 Å². The molecule has 2 rings (SSSR count). The van der Waals surface area contributed by atoms with Gasteiger partial charge in [-0.1, -0.05) is 0 Å². The lowest BCUT2D eigenvalue weighted by Crippen LogP contribution is -2.57. The Morgan fingerprint density at radius 3 is 2.19 bits per heavy atom. The molecule has 31 heavy (non-hydrogen) atoms. The summed E-state index contributed by atoms with van der Waals surface area (Å²) in [4.78, 5) is 37.6. The Hall–Kier alpha value is -2.03. The Morgan fingerprint density at radius 2 is 1.68 bits per heavy atom. The first kappa shape index (κ1) is 25.2. The molecule has 1 unspecified atom stereocenters. The van der Waals surface area contributed by atoms with E-state index in [1.165, 1.54) is 0 Å². The van der Waals surface area contributed by atoms with Gasteiger partial charge in [-0.2, -0.15) is 0 Å². The van der Waals surface area contributed by atoms with Gasteiger partial charge in [0.05, 0.1) is 6.04 Å². The minimum Gasteiger partial charge on any atom is -0.444 e. The van der Waals surface area contributed by atoms with E-state index in [1.54, 1.807) is 11.9 Å². The summed E-state index contributed by atoms with van der Waals surface area (Å²) >= 11 is 0. The molecule has 9 nitrogen and oxygen atoms in total. The first-order valence-electron chi connectivity index (χ1n) is 11.6. The third-order valence-corrected chi connectivity index (χ3v) is 5.85. The van der Waals surface area contributed by atoms with Gasteiger partial charge in [0, 0.05) is 66.0 Å². The maximum atomic E-state index is 12.7. The number of likely N-dealkylation sites (N-methyl/N-ethyl adjacent to an activating group) is 1. The molecular weight excluding hydrogens is 396 g/mol. The maximum absolute atomic E-state index is 12.7. The van der Waals surface area contributed by atoms with Crippen LogP contribution in [-0.4, -0.2) is 115 Å². The van der Waals surface area contributed by atoms with E-state index in [9.17, 15) is 9.59 Å². The smallest absolute Gasteiger partial charge is 0.410 e. The van der Waals surface area contributed by atoms with Crippen LogP contribution in [0.15, 0.2) is 4.99 Å². The zero-order valence-electron chi connectivity index (χ0n) is 20.3. The van der Waals surface area contributed by atoms with E-state index in [4.69, 9.17) is 4.74 Å². The van der Waals surface area contributed by atoms with Gasteiger partial charge in [0.25, 0.3) is 0 Å². The molecule has 2 fully saturated rings. The van der Waals surface area contributed by atoms with E-state index >= 15 is 0 Å². The number of piperazine rings is 1. The van der Waals surface area contributed by atoms with Crippen molar-refractivity contribution in [1.82, 2.24) is 24.9 Å². The predicted octanol–water partition coefficient (Wildman–Crippen LogP) is 1.45. The Bertz CT molecular complexity index is 619. The van der Waals surface area contributed by atoms with Gasteiger partial charge in [-0.25, -0.2) is 4.79 Å². The van der Waals surface area contributed by atoms with Crippen LogP contribution in [0.3, 0.4) is 0 Å². The number of carbonyl (C=O) groups excluding carboxylic acids is 2. The van der Waals surface area contributed by atoms with Gasteiger partial charge in [0.2, 0.25) is 5.91 Å². The topological polar surface area (TPSA) is 80.7 Å².